The predicted octanol–water partition coefficient (Wildman–Crippen LogP) is 4.22. The molecule has 1 aromatic heterocycles. The summed E-state index contributed by atoms with van der Waals surface area (Å²) in [4.78, 5) is 3.91. The van der Waals surface area contributed by atoms with Crippen molar-refractivity contribution < 1.29 is 36.5 Å². The van der Waals surface area contributed by atoms with Crippen LogP contribution in [0.1, 0.15) is 5.82 Å². The fourth-order valence-corrected chi connectivity index (χ4v) is 3.03. The van der Waals surface area contributed by atoms with Crippen LogP contribution >= 0.6 is 0 Å². The van der Waals surface area contributed by atoms with Crippen LogP contribution in [0.4, 0.5) is 22.0 Å². The van der Waals surface area contributed by atoms with Crippen molar-refractivity contribution in [3.8, 4) is 5.75 Å². The van der Waals surface area contributed by atoms with Crippen molar-refractivity contribution in [3.05, 3.63) is 23.8 Å². The van der Waals surface area contributed by atoms with E-state index in [0.29, 0.717) is 12.7 Å². The molecule has 27 heavy (non-hydrogen) atoms. The highest BCUT2D eigenvalue weighted by Gasteiger charge is 2.44. The summed E-state index contributed by atoms with van der Waals surface area (Å²) in [7, 11) is -1.34. The summed E-state index contributed by atoms with van der Waals surface area (Å²) in [5.74, 6) is -1.81. The summed E-state index contributed by atoms with van der Waals surface area (Å²) in [6.07, 6.45) is -8.90. The number of halogens is 5. The maximum atomic E-state index is 13.9. The minimum absolute atomic E-state index is 0.00730. The summed E-state index contributed by atoms with van der Waals surface area (Å²) in [5, 5.41) is 9.45. The Bertz CT molecular complexity index is 792. The van der Waals surface area contributed by atoms with Crippen LogP contribution in [0.15, 0.2) is 12.1 Å². The first-order chi connectivity index (χ1) is 12.4. The second-order valence-corrected chi connectivity index (χ2v) is 12.8. The zero-order valence-electron chi connectivity index (χ0n) is 15.1. The van der Waals surface area contributed by atoms with E-state index in [2.05, 4.69) is 29.4 Å². The number of hydrogen-bond donors (Lipinski definition) is 1. The maximum absolute atomic E-state index is 13.9. The van der Waals surface area contributed by atoms with E-state index in [1.165, 1.54) is 4.57 Å². The lowest BCUT2D eigenvalue weighted by Crippen LogP contribution is -2.33. The molecule has 2 rings (SSSR count). The van der Waals surface area contributed by atoms with Crippen LogP contribution in [-0.4, -0.2) is 41.9 Å². The molecule has 152 valence electrons. The van der Waals surface area contributed by atoms with Crippen molar-refractivity contribution in [2.75, 3.05) is 6.61 Å². The molecule has 0 unspecified atom stereocenters. The molecule has 0 aliphatic rings. The topological polar surface area (TPSA) is 56.5 Å². The highest BCUT2D eigenvalue weighted by atomic mass is 28.3. The Morgan fingerprint density at radius 3 is 2.48 bits per heavy atom. The van der Waals surface area contributed by atoms with Crippen LogP contribution in [0.3, 0.4) is 0 Å². The van der Waals surface area contributed by atoms with Crippen molar-refractivity contribution in [2.45, 2.75) is 51.6 Å². The van der Waals surface area contributed by atoms with Gasteiger partial charge in [0.15, 0.2) is 5.75 Å². The normalized spacial score (nSPS) is 13.0. The highest BCUT2D eigenvalue weighted by molar-refractivity contribution is 6.76. The van der Waals surface area contributed by atoms with E-state index < -0.39 is 38.8 Å². The van der Waals surface area contributed by atoms with E-state index in [1.54, 1.807) is 0 Å². The fourth-order valence-electron chi connectivity index (χ4n) is 2.27. The number of fused-ring (bicyclic) bond motifs is 1. The van der Waals surface area contributed by atoms with Gasteiger partial charge in [-0.2, -0.15) is 17.6 Å². The maximum Gasteiger partial charge on any atom is 0.461 e. The smallest absolute Gasteiger partial charge is 0.426 e. The molecule has 2 aromatic rings. The lowest BCUT2D eigenvalue weighted by atomic mass is 10.3. The molecule has 0 spiro atoms. The van der Waals surface area contributed by atoms with E-state index >= 15 is 0 Å². The molecular weight excluding hydrogens is 391 g/mol. The largest absolute Gasteiger partial charge is 0.461 e. The summed E-state index contributed by atoms with van der Waals surface area (Å²) in [6.45, 7) is 6.20. The van der Waals surface area contributed by atoms with E-state index in [-0.39, 0.29) is 23.6 Å². The number of aromatic nitrogens is 2. The van der Waals surface area contributed by atoms with Gasteiger partial charge in [0.2, 0.25) is 0 Å². The van der Waals surface area contributed by atoms with Gasteiger partial charge in [0.1, 0.15) is 30.5 Å². The molecule has 0 fully saturated rings. The third kappa shape index (κ3) is 5.39. The Morgan fingerprint density at radius 1 is 1.26 bits per heavy atom. The first kappa shape index (κ1) is 21.6. The van der Waals surface area contributed by atoms with Crippen molar-refractivity contribution in [2.24, 2.45) is 0 Å². The number of alkyl halides is 4. The van der Waals surface area contributed by atoms with Crippen LogP contribution in [0.5, 0.6) is 5.75 Å². The Hall–Kier alpha value is -1.72. The summed E-state index contributed by atoms with van der Waals surface area (Å²) in [5.41, 5.74) is -0.276. The molecule has 0 aliphatic heterocycles. The van der Waals surface area contributed by atoms with Crippen LogP contribution < -0.4 is 4.74 Å². The van der Waals surface area contributed by atoms with Crippen LogP contribution in [-0.2, 0) is 18.1 Å². The van der Waals surface area contributed by atoms with Gasteiger partial charge >= 0.3 is 12.5 Å². The monoisotopic (exact) mass is 412 g/mol. The molecule has 0 amide bonds. The van der Waals surface area contributed by atoms with Gasteiger partial charge in [0.25, 0.3) is 0 Å². The average molecular weight is 412 g/mol. The molecule has 5 nitrogen and oxygen atoms in total. The summed E-state index contributed by atoms with van der Waals surface area (Å²) >= 11 is 0. The number of ether oxygens (including phenoxy) is 2. The van der Waals surface area contributed by atoms with E-state index in [0.717, 1.165) is 12.1 Å². The molecule has 0 aliphatic carbocycles. The molecule has 1 N–H and O–H groups in total. The van der Waals surface area contributed by atoms with E-state index in [9.17, 15) is 27.1 Å². The highest BCUT2D eigenvalue weighted by Crippen LogP contribution is 2.34. The lowest BCUT2D eigenvalue weighted by molar-refractivity contribution is -0.252. The quantitative estimate of drug-likeness (QED) is 0.381. The lowest BCUT2D eigenvalue weighted by Gasteiger charge is -2.17. The number of benzene rings is 1. The number of rotatable bonds is 9. The average Bonchev–Trinajstić information content (AvgIpc) is 2.88. The van der Waals surface area contributed by atoms with E-state index in [1.807, 2.05) is 0 Å². The third-order valence-electron chi connectivity index (χ3n) is 3.72. The minimum Gasteiger partial charge on any atom is -0.426 e. The predicted molar refractivity (Wildman–Crippen MR) is 91.3 cm³/mol. The first-order valence-electron chi connectivity index (χ1n) is 8.17. The van der Waals surface area contributed by atoms with E-state index in [4.69, 9.17) is 4.74 Å². The second-order valence-electron chi connectivity index (χ2n) is 7.20. The molecule has 11 heteroatoms. The van der Waals surface area contributed by atoms with Gasteiger partial charge in [-0.3, -0.25) is 0 Å². The van der Waals surface area contributed by atoms with Gasteiger partial charge in [-0.1, -0.05) is 19.6 Å². The van der Waals surface area contributed by atoms with Crippen LogP contribution in [0.25, 0.3) is 11.0 Å². The van der Waals surface area contributed by atoms with Crippen molar-refractivity contribution >= 4 is 19.1 Å². The number of aliphatic hydroxyl groups is 1. The van der Waals surface area contributed by atoms with Gasteiger partial charge in [-0.15, -0.1) is 0 Å². The summed E-state index contributed by atoms with van der Waals surface area (Å²) < 4.78 is 76.0. The summed E-state index contributed by atoms with van der Waals surface area (Å²) in [6, 6.07) is 2.39. The molecule has 0 radical (unpaired) electrons. The van der Waals surface area contributed by atoms with Crippen molar-refractivity contribution in [1.82, 2.24) is 9.55 Å². The minimum atomic E-state index is -4.81. The Labute approximate surface area is 153 Å². The second kappa shape index (κ2) is 8.11. The zero-order chi connectivity index (χ0) is 20.4. The van der Waals surface area contributed by atoms with Crippen molar-refractivity contribution in [1.29, 1.82) is 0 Å². The Kier molecular flexibility index (Phi) is 6.48. The van der Waals surface area contributed by atoms with Crippen LogP contribution in [0, 0.1) is 5.82 Å². The standard InChI is InChI=1S/C16H21F5N2O3Si/c1-27(2,3)5-4-25-9-23-11-6-10(17)7-12(14(11)22-13(23)8-24)26-16(20,21)15(18)19/h6-7,15,24H,4-5,8-9H2,1-3H3. The first-order valence-corrected chi connectivity index (χ1v) is 11.9. The van der Waals surface area contributed by atoms with Crippen molar-refractivity contribution in [3.63, 3.8) is 0 Å². The molecule has 0 saturated heterocycles. The number of imidazole rings is 1. The van der Waals surface area contributed by atoms with Gasteiger partial charge in [0.05, 0.1) is 5.52 Å². The molecular formula is C16H21F5N2O3Si. The zero-order valence-corrected chi connectivity index (χ0v) is 16.1. The number of aliphatic hydroxyl groups excluding tert-OH is 1. The van der Waals surface area contributed by atoms with Gasteiger partial charge in [0, 0.05) is 26.8 Å². The SMILES string of the molecule is C[Si](C)(C)CCOCn1c(CO)nc2c(OC(F)(F)C(F)F)cc(F)cc21. The van der Waals surface area contributed by atoms with Gasteiger partial charge in [-0.25, -0.2) is 9.37 Å². The fraction of sp³-hybridized carbons (Fsp3) is 0.562. The third-order valence-corrected chi connectivity index (χ3v) is 5.43. The molecule has 1 heterocycles. The number of nitrogens with zero attached hydrogens (tertiary/aromatic N) is 2. The van der Waals surface area contributed by atoms with Gasteiger partial charge in [-0.05, 0) is 6.04 Å². The molecule has 0 atom stereocenters. The Morgan fingerprint density at radius 2 is 1.93 bits per heavy atom. The number of hydrogen-bond acceptors (Lipinski definition) is 4. The molecule has 0 saturated carbocycles. The van der Waals surface area contributed by atoms with Gasteiger partial charge < -0.3 is 19.1 Å². The molecule has 1 aromatic carbocycles. The Balaban J connectivity index is 2.35. The van der Waals surface area contributed by atoms with Crippen LogP contribution in [0.2, 0.25) is 25.7 Å². The molecule has 0 bridgehead atoms.